The van der Waals surface area contributed by atoms with Gasteiger partial charge in [-0.25, -0.2) is 12.7 Å². The first-order chi connectivity index (χ1) is 12.3. The molecule has 0 bridgehead atoms. The topological polar surface area (TPSA) is 75.7 Å². The molecule has 2 aliphatic heterocycles. The molecule has 2 saturated heterocycles. The first-order valence-electron chi connectivity index (χ1n) is 9.28. The van der Waals surface area contributed by atoms with Crippen LogP contribution in [-0.4, -0.2) is 50.6 Å². The lowest BCUT2D eigenvalue weighted by atomic mass is 9.88. The van der Waals surface area contributed by atoms with Gasteiger partial charge in [0.2, 0.25) is 15.9 Å². The summed E-state index contributed by atoms with van der Waals surface area (Å²) in [5.74, 6) is -0.268. The molecular weight excluding hydrogens is 352 g/mol. The van der Waals surface area contributed by atoms with Gasteiger partial charge in [0.05, 0.1) is 18.3 Å². The van der Waals surface area contributed by atoms with Crippen LogP contribution in [0.1, 0.15) is 42.9 Å². The summed E-state index contributed by atoms with van der Waals surface area (Å²) in [5, 5.41) is 3.08. The third-order valence-electron chi connectivity index (χ3n) is 5.26. The van der Waals surface area contributed by atoms with Crippen molar-refractivity contribution in [1.82, 2.24) is 9.62 Å². The number of nitrogens with one attached hydrogen (secondary N) is 1. The first kappa shape index (κ1) is 19.3. The zero-order valence-corrected chi connectivity index (χ0v) is 16.3. The van der Waals surface area contributed by atoms with Crippen molar-refractivity contribution in [1.29, 1.82) is 0 Å². The van der Waals surface area contributed by atoms with Gasteiger partial charge in [-0.05, 0) is 38.2 Å². The van der Waals surface area contributed by atoms with Crippen LogP contribution >= 0.6 is 0 Å². The molecule has 2 fully saturated rings. The van der Waals surface area contributed by atoms with Crippen LogP contribution in [0.2, 0.25) is 0 Å². The summed E-state index contributed by atoms with van der Waals surface area (Å²) < 4.78 is 30.9. The standard InChI is InChI=1S/C19H28N2O4S/c1-14-7-9-15(10-8-14)18-17(6-4-12-25-18)19(22)20-16-5-3-11-21(13-16)26(2,23)24/h7-10,16-18H,3-6,11-13H2,1-2H3,(H,20,22)/t16?,17-,18+/m1/s1. The molecule has 1 amide bonds. The minimum atomic E-state index is -3.22. The number of carbonyl (C=O) groups excluding carboxylic acids is 1. The Kier molecular flexibility index (Phi) is 5.99. The maximum absolute atomic E-state index is 12.9. The molecule has 6 nitrogen and oxygen atoms in total. The van der Waals surface area contributed by atoms with Crippen LogP contribution in [-0.2, 0) is 19.6 Å². The molecule has 0 aromatic heterocycles. The van der Waals surface area contributed by atoms with E-state index in [-0.39, 0.29) is 24.0 Å². The molecule has 0 spiro atoms. The van der Waals surface area contributed by atoms with Crippen LogP contribution in [0.15, 0.2) is 24.3 Å². The predicted molar refractivity (Wildman–Crippen MR) is 100 cm³/mol. The van der Waals surface area contributed by atoms with Crippen molar-refractivity contribution < 1.29 is 17.9 Å². The van der Waals surface area contributed by atoms with Gasteiger partial charge in [-0.2, -0.15) is 0 Å². The Morgan fingerprint density at radius 3 is 2.62 bits per heavy atom. The minimum Gasteiger partial charge on any atom is -0.373 e. The summed E-state index contributed by atoms with van der Waals surface area (Å²) in [4.78, 5) is 12.9. The molecule has 7 heteroatoms. The number of ether oxygens (including phenoxy) is 1. The molecule has 2 heterocycles. The summed E-state index contributed by atoms with van der Waals surface area (Å²) >= 11 is 0. The van der Waals surface area contributed by atoms with Crippen molar-refractivity contribution in [3.63, 3.8) is 0 Å². The lowest BCUT2D eigenvalue weighted by Gasteiger charge is -2.35. The fraction of sp³-hybridized carbons (Fsp3) is 0.632. The van der Waals surface area contributed by atoms with E-state index in [0.29, 0.717) is 19.7 Å². The summed E-state index contributed by atoms with van der Waals surface area (Å²) in [7, 11) is -3.22. The van der Waals surface area contributed by atoms with Crippen LogP contribution < -0.4 is 5.32 Å². The van der Waals surface area contributed by atoms with Crippen molar-refractivity contribution in [2.45, 2.75) is 44.8 Å². The molecule has 1 N–H and O–H groups in total. The van der Waals surface area contributed by atoms with E-state index in [9.17, 15) is 13.2 Å². The van der Waals surface area contributed by atoms with E-state index in [4.69, 9.17) is 4.74 Å². The number of benzene rings is 1. The van der Waals surface area contributed by atoms with Crippen LogP contribution in [0.4, 0.5) is 0 Å². The number of amides is 1. The highest BCUT2D eigenvalue weighted by Gasteiger charge is 2.35. The highest BCUT2D eigenvalue weighted by molar-refractivity contribution is 7.88. The number of sulfonamides is 1. The Morgan fingerprint density at radius 2 is 1.92 bits per heavy atom. The molecule has 1 aromatic rings. The predicted octanol–water partition coefficient (Wildman–Crippen LogP) is 2.00. The van der Waals surface area contributed by atoms with Gasteiger partial charge in [-0.1, -0.05) is 29.8 Å². The number of nitrogens with zero attached hydrogens (tertiary/aromatic N) is 1. The smallest absolute Gasteiger partial charge is 0.226 e. The molecule has 0 saturated carbocycles. The van der Waals surface area contributed by atoms with Crippen LogP contribution in [0.5, 0.6) is 0 Å². The fourth-order valence-corrected chi connectivity index (χ4v) is 4.72. The van der Waals surface area contributed by atoms with E-state index < -0.39 is 10.0 Å². The van der Waals surface area contributed by atoms with Gasteiger partial charge >= 0.3 is 0 Å². The number of hydrogen-bond acceptors (Lipinski definition) is 4. The van der Waals surface area contributed by atoms with Gasteiger partial charge in [-0.3, -0.25) is 4.79 Å². The first-order valence-corrected chi connectivity index (χ1v) is 11.1. The molecule has 0 aliphatic carbocycles. The normalized spacial score (nSPS) is 27.8. The Balaban J connectivity index is 1.68. The van der Waals surface area contributed by atoms with E-state index in [1.54, 1.807) is 0 Å². The largest absolute Gasteiger partial charge is 0.373 e. The van der Waals surface area contributed by atoms with Gasteiger partial charge in [0.15, 0.2) is 0 Å². The number of hydrogen-bond donors (Lipinski definition) is 1. The van der Waals surface area contributed by atoms with Gasteiger partial charge in [0.1, 0.15) is 0 Å². The maximum Gasteiger partial charge on any atom is 0.226 e. The Bertz CT molecular complexity index is 732. The van der Waals surface area contributed by atoms with Crippen molar-refractivity contribution in [2.24, 2.45) is 5.92 Å². The maximum atomic E-state index is 12.9. The average Bonchev–Trinajstić information content (AvgIpc) is 2.62. The fourth-order valence-electron chi connectivity index (χ4n) is 3.80. The number of piperidine rings is 1. The molecule has 2 aliphatic rings. The van der Waals surface area contributed by atoms with E-state index in [1.165, 1.54) is 16.1 Å². The van der Waals surface area contributed by atoms with Gasteiger partial charge < -0.3 is 10.1 Å². The number of aryl methyl sites for hydroxylation is 1. The Morgan fingerprint density at radius 1 is 1.19 bits per heavy atom. The summed E-state index contributed by atoms with van der Waals surface area (Å²) in [6.45, 7) is 3.58. The van der Waals surface area contributed by atoms with Crippen molar-refractivity contribution in [3.8, 4) is 0 Å². The van der Waals surface area contributed by atoms with E-state index in [2.05, 4.69) is 5.32 Å². The molecule has 3 atom stereocenters. The zero-order valence-electron chi connectivity index (χ0n) is 15.5. The molecule has 1 unspecified atom stereocenters. The van der Waals surface area contributed by atoms with E-state index >= 15 is 0 Å². The molecule has 26 heavy (non-hydrogen) atoms. The number of carbonyl (C=O) groups is 1. The molecule has 3 rings (SSSR count). The second kappa shape index (κ2) is 8.06. The van der Waals surface area contributed by atoms with E-state index in [0.717, 1.165) is 31.2 Å². The summed E-state index contributed by atoms with van der Waals surface area (Å²) in [6, 6.07) is 7.99. The highest BCUT2D eigenvalue weighted by atomic mass is 32.2. The third-order valence-corrected chi connectivity index (χ3v) is 6.53. The summed E-state index contributed by atoms with van der Waals surface area (Å²) in [5.41, 5.74) is 2.20. The molecule has 1 aromatic carbocycles. The van der Waals surface area contributed by atoms with Gasteiger partial charge in [-0.15, -0.1) is 0 Å². The number of rotatable bonds is 4. The van der Waals surface area contributed by atoms with Crippen LogP contribution in [0.25, 0.3) is 0 Å². The lowest BCUT2D eigenvalue weighted by molar-refractivity contribution is -0.135. The second-order valence-corrected chi connectivity index (χ2v) is 9.40. The summed E-state index contributed by atoms with van der Waals surface area (Å²) in [6.07, 6.45) is 4.20. The monoisotopic (exact) mass is 380 g/mol. The molecule has 144 valence electrons. The zero-order chi connectivity index (χ0) is 18.7. The van der Waals surface area contributed by atoms with E-state index in [1.807, 2.05) is 31.2 Å². The minimum absolute atomic E-state index is 0.0318. The SMILES string of the molecule is Cc1ccc([C@@H]2OCCC[C@H]2C(=O)NC2CCCN(S(C)(=O)=O)C2)cc1. The van der Waals surface area contributed by atoms with Gasteiger partial charge in [0.25, 0.3) is 0 Å². The van der Waals surface area contributed by atoms with Crippen LogP contribution in [0.3, 0.4) is 0 Å². The van der Waals surface area contributed by atoms with Crippen molar-refractivity contribution in [3.05, 3.63) is 35.4 Å². The quantitative estimate of drug-likeness (QED) is 0.867. The van der Waals surface area contributed by atoms with Crippen molar-refractivity contribution in [2.75, 3.05) is 26.0 Å². The second-order valence-electron chi connectivity index (χ2n) is 7.42. The Hall–Kier alpha value is -1.44. The molecular formula is C19H28N2O4S. The molecule has 0 radical (unpaired) electrons. The lowest BCUT2D eigenvalue weighted by Crippen LogP contribution is -2.51. The Labute approximate surface area is 156 Å². The highest BCUT2D eigenvalue weighted by Crippen LogP contribution is 2.34. The third kappa shape index (κ3) is 4.64. The van der Waals surface area contributed by atoms with Crippen molar-refractivity contribution >= 4 is 15.9 Å². The van der Waals surface area contributed by atoms with Gasteiger partial charge in [0, 0.05) is 25.7 Å². The average molecular weight is 381 g/mol. The van der Waals surface area contributed by atoms with Crippen LogP contribution in [0, 0.1) is 12.8 Å².